The van der Waals surface area contributed by atoms with Gasteiger partial charge in [-0.15, -0.1) is 12.4 Å². The van der Waals surface area contributed by atoms with E-state index in [0.717, 1.165) is 5.92 Å². The van der Waals surface area contributed by atoms with Crippen molar-refractivity contribution in [3.8, 4) is 0 Å². The Hall–Kier alpha value is -0.600. The Bertz CT molecular complexity index is 255. The number of hydrogen-bond donors (Lipinski definition) is 0. The second-order valence-electron chi connectivity index (χ2n) is 3.86. The minimum atomic E-state index is 0. The lowest BCUT2D eigenvalue weighted by atomic mass is 9.90. The average Bonchev–Trinajstić information content (AvgIpc) is 2.20. The van der Waals surface area contributed by atoms with E-state index >= 15 is 0 Å². The fraction of sp³-hybridized carbons (Fsp3) is 0.545. The zero-order chi connectivity index (χ0) is 9.10. The third-order valence-corrected chi connectivity index (χ3v) is 2.90. The van der Waals surface area contributed by atoms with Crippen LogP contribution in [0.15, 0.2) is 24.5 Å². The van der Waals surface area contributed by atoms with Crippen LogP contribution in [0.5, 0.6) is 0 Å². The number of aromatic nitrogens is 1. The first-order valence-corrected chi connectivity index (χ1v) is 4.95. The van der Waals surface area contributed by atoms with Crippen LogP contribution in [0.1, 0.15) is 24.3 Å². The first-order chi connectivity index (χ1) is 6.36. The summed E-state index contributed by atoms with van der Waals surface area (Å²) in [7, 11) is 2.20. The summed E-state index contributed by atoms with van der Waals surface area (Å²) < 4.78 is 0. The van der Waals surface area contributed by atoms with Crippen molar-refractivity contribution in [3.63, 3.8) is 0 Å². The van der Waals surface area contributed by atoms with Crippen molar-refractivity contribution in [2.24, 2.45) is 0 Å². The van der Waals surface area contributed by atoms with Gasteiger partial charge >= 0.3 is 0 Å². The third-order valence-electron chi connectivity index (χ3n) is 2.90. The highest BCUT2D eigenvalue weighted by Gasteiger charge is 2.17. The molecule has 0 aromatic carbocycles. The van der Waals surface area contributed by atoms with Gasteiger partial charge in [-0.2, -0.15) is 0 Å². The second-order valence-corrected chi connectivity index (χ2v) is 3.86. The van der Waals surface area contributed by atoms with Crippen LogP contribution in [-0.4, -0.2) is 30.0 Å². The number of likely N-dealkylation sites (tertiary alicyclic amines) is 1. The van der Waals surface area contributed by atoms with Gasteiger partial charge in [0, 0.05) is 12.4 Å². The molecular formula is C11H17ClN2. The van der Waals surface area contributed by atoms with Gasteiger partial charge in [-0.25, -0.2) is 0 Å². The molecule has 0 bridgehead atoms. The van der Waals surface area contributed by atoms with E-state index in [1.54, 1.807) is 0 Å². The van der Waals surface area contributed by atoms with E-state index < -0.39 is 0 Å². The SMILES string of the molecule is CN1CCC(c2ccncc2)CC1.Cl. The van der Waals surface area contributed by atoms with E-state index in [9.17, 15) is 0 Å². The van der Waals surface area contributed by atoms with Crippen LogP contribution >= 0.6 is 12.4 Å². The van der Waals surface area contributed by atoms with Crippen LogP contribution in [0.25, 0.3) is 0 Å². The summed E-state index contributed by atoms with van der Waals surface area (Å²) in [5, 5.41) is 0. The van der Waals surface area contributed by atoms with Crippen LogP contribution in [0.3, 0.4) is 0 Å². The van der Waals surface area contributed by atoms with E-state index in [4.69, 9.17) is 0 Å². The maximum Gasteiger partial charge on any atom is 0.0270 e. The lowest BCUT2D eigenvalue weighted by Gasteiger charge is -2.28. The molecule has 14 heavy (non-hydrogen) atoms. The van der Waals surface area contributed by atoms with Crippen LogP contribution < -0.4 is 0 Å². The van der Waals surface area contributed by atoms with E-state index in [2.05, 4.69) is 29.1 Å². The molecular weight excluding hydrogens is 196 g/mol. The summed E-state index contributed by atoms with van der Waals surface area (Å²) in [4.78, 5) is 6.45. The predicted octanol–water partition coefficient (Wildman–Crippen LogP) is 2.31. The quantitative estimate of drug-likeness (QED) is 0.711. The highest BCUT2D eigenvalue weighted by Crippen LogP contribution is 2.26. The summed E-state index contributed by atoms with van der Waals surface area (Å²) in [6, 6.07) is 4.30. The summed E-state index contributed by atoms with van der Waals surface area (Å²) in [6.07, 6.45) is 6.38. The smallest absolute Gasteiger partial charge is 0.0270 e. The van der Waals surface area contributed by atoms with E-state index in [-0.39, 0.29) is 12.4 Å². The van der Waals surface area contributed by atoms with Crippen molar-refractivity contribution >= 4 is 12.4 Å². The Morgan fingerprint density at radius 2 is 1.79 bits per heavy atom. The van der Waals surface area contributed by atoms with Gasteiger partial charge in [0.15, 0.2) is 0 Å². The fourth-order valence-corrected chi connectivity index (χ4v) is 1.98. The van der Waals surface area contributed by atoms with Crippen molar-refractivity contribution < 1.29 is 0 Å². The largest absolute Gasteiger partial charge is 0.306 e. The average molecular weight is 213 g/mol. The summed E-state index contributed by atoms with van der Waals surface area (Å²) in [6.45, 7) is 2.46. The topological polar surface area (TPSA) is 16.1 Å². The van der Waals surface area contributed by atoms with Gasteiger partial charge < -0.3 is 4.90 Å². The molecule has 1 aliphatic heterocycles. The molecule has 0 radical (unpaired) electrons. The monoisotopic (exact) mass is 212 g/mol. The maximum absolute atomic E-state index is 4.04. The van der Waals surface area contributed by atoms with Gasteiger partial charge in [0.25, 0.3) is 0 Å². The highest BCUT2D eigenvalue weighted by molar-refractivity contribution is 5.85. The van der Waals surface area contributed by atoms with Crippen molar-refractivity contribution in [2.45, 2.75) is 18.8 Å². The standard InChI is InChI=1S/C11H16N2.ClH/c1-13-8-4-11(5-9-13)10-2-6-12-7-3-10;/h2-3,6-7,11H,4-5,8-9H2,1H3;1H. The van der Waals surface area contributed by atoms with Crippen LogP contribution in [0.2, 0.25) is 0 Å². The van der Waals surface area contributed by atoms with E-state index in [1.807, 2.05) is 12.4 Å². The maximum atomic E-state index is 4.04. The van der Waals surface area contributed by atoms with Gasteiger partial charge in [0.05, 0.1) is 0 Å². The molecule has 0 saturated carbocycles. The highest BCUT2D eigenvalue weighted by atomic mass is 35.5. The lowest BCUT2D eigenvalue weighted by Crippen LogP contribution is -2.29. The molecule has 1 saturated heterocycles. The Morgan fingerprint density at radius 1 is 1.21 bits per heavy atom. The number of piperidine rings is 1. The first-order valence-electron chi connectivity index (χ1n) is 4.95. The van der Waals surface area contributed by atoms with Crippen LogP contribution in [0, 0.1) is 0 Å². The van der Waals surface area contributed by atoms with Crippen molar-refractivity contribution in [2.75, 3.05) is 20.1 Å². The molecule has 0 atom stereocenters. The Balaban J connectivity index is 0.000000980. The Kier molecular flexibility index (Phi) is 4.36. The summed E-state index contributed by atoms with van der Waals surface area (Å²) in [5.74, 6) is 0.763. The molecule has 2 heterocycles. The molecule has 2 rings (SSSR count). The normalized spacial score (nSPS) is 18.9. The molecule has 0 N–H and O–H groups in total. The molecule has 1 fully saturated rings. The molecule has 2 nitrogen and oxygen atoms in total. The molecule has 78 valence electrons. The van der Waals surface area contributed by atoms with Crippen molar-refractivity contribution in [1.29, 1.82) is 0 Å². The van der Waals surface area contributed by atoms with Crippen LogP contribution in [0.4, 0.5) is 0 Å². The van der Waals surface area contributed by atoms with Gasteiger partial charge in [0.1, 0.15) is 0 Å². The van der Waals surface area contributed by atoms with Gasteiger partial charge in [-0.05, 0) is 56.6 Å². The molecule has 0 unspecified atom stereocenters. The molecule has 1 aromatic heterocycles. The number of hydrogen-bond acceptors (Lipinski definition) is 2. The van der Waals surface area contributed by atoms with E-state index in [1.165, 1.54) is 31.5 Å². The molecule has 1 aromatic rings. The van der Waals surface area contributed by atoms with Crippen molar-refractivity contribution in [1.82, 2.24) is 9.88 Å². The first kappa shape index (κ1) is 11.5. The lowest BCUT2D eigenvalue weighted by molar-refractivity contribution is 0.255. The predicted molar refractivity (Wildman–Crippen MR) is 61.0 cm³/mol. The summed E-state index contributed by atoms with van der Waals surface area (Å²) in [5.41, 5.74) is 1.46. The molecule has 3 heteroatoms. The summed E-state index contributed by atoms with van der Waals surface area (Å²) >= 11 is 0. The second kappa shape index (κ2) is 5.32. The zero-order valence-corrected chi connectivity index (χ0v) is 9.33. The number of rotatable bonds is 1. The van der Waals surface area contributed by atoms with Crippen molar-refractivity contribution in [3.05, 3.63) is 30.1 Å². The molecule has 0 aliphatic carbocycles. The van der Waals surface area contributed by atoms with Gasteiger partial charge in [-0.3, -0.25) is 4.98 Å². The Labute approximate surface area is 91.7 Å². The minimum absolute atomic E-state index is 0. The fourth-order valence-electron chi connectivity index (χ4n) is 1.98. The minimum Gasteiger partial charge on any atom is -0.306 e. The van der Waals surface area contributed by atoms with E-state index in [0.29, 0.717) is 0 Å². The number of nitrogens with zero attached hydrogens (tertiary/aromatic N) is 2. The number of pyridine rings is 1. The number of halogens is 1. The Morgan fingerprint density at radius 3 is 2.36 bits per heavy atom. The molecule has 1 aliphatic rings. The van der Waals surface area contributed by atoms with Crippen LogP contribution in [-0.2, 0) is 0 Å². The molecule has 0 spiro atoms. The van der Waals surface area contributed by atoms with Gasteiger partial charge in [0.2, 0.25) is 0 Å². The third kappa shape index (κ3) is 2.69. The molecule has 0 amide bonds. The zero-order valence-electron chi connectivity index (χ0n) is 8.52. The van der Waals surface area contributed by atoms with Gasteiger partial charge in [-0.1, -0.05) is 0 Å².